The van der Waals surface area contributed by atoms with Gasteiger partial charge in [-0.3, -0.25) is 14.3 Å². The molecular formula is C17H14Cl2FN5O. The van der Waals surface area contributed by atoms with Gasteiger partial charge in [0.15, 0.2) is 10.3 Å². The Balaban J connectivity index is 1.64. The number of carbonyl (C=O) groups excluding carboxylic acids is 1. The van der Waals surface area contributed by atoms with Gasteiger partial charge in [-0.15, -0.1) is 0 Å². The third-order valence-electron chi connectivity index (χ3n) is 3.63. The van der Waals surface area contributed by atoms with Crippen LogP contribution in [-0.4, -0.2) is 25.4 Å². The minimum atomic E-state index is -0.404. The molecule has 3 heterocycles. The molecule has 3 aromatic rings. The van der Waals surface area contributed by atoms with E-state index in [0.29, 0.717) is 23.6 Å². The molecule has 3 aromatic heterocycles. The molecule has 0 atom stereocenters. The molecule has 6 nitrogen and oxygen atoms in total. The first-order chi connectivity index (χ1) is 12.4. The topological polar surface area (TPSA) is 72.7 Å². The van der Waals surface area contributed by atoms with Gasteiger partial charge in [-0.05, 0) is 37.1 Å². The Morgan fingerprint density at radius 2 is 2.04 bits per heavy atom. The number of pyridine rings is 2. The zero-order chi connectivity index (χ0) is 18.7. The van der Waals surface area contributed by atoms with Crippen molar-refractivity contribution >= 4 is 34.8 Å². The highest BCUT2D eigenvalue weighted by atomic mass is 35.5. The van der Waals surface area contributed by atoms with Crippen LogP contribution in [-0.2, 0) is 11.2 Å². The summed E-state index contributed by atoms with van der Waals surface area (Å²) in [6.45, 7) is 1.84. The second-order valence-corrected chi connectivity index (χ2v) is 6.29. The molecule has 0 saturated carbocycles. The number of rotatable bonds is 5. The molecule has 0 aromatic carbocycles. The lowest BCUT2D eigenvalue weighted by atomic mass is 10.2. The molecule has 0 aliphatic heterocycles. The Morgan fingerprint density at radius 3 is 2.65 bits per heavy atom. The first-order valence-corrected chi connectivity index (χ1v) is 8.45. The number of carbonyl (C=O) groups is 1. The molecular weight excluding hydrogens is 380 g/mol. The number of nitrogens with one attached hydrogen (secondary N) is 1. The lowest BCUT2D eigenvalue weighted by molar-refractivity contribution is -0.116. The van der Waals surface area contributed by atoms with Crippen molar-refractivity contribution in [2.24, 2.45) is 0 Å². The maximum atomic E-state index is 12.8. The van der Waals surface area contributed by atoms with Gasteiger partial charge >= 0.3 is 0 Å². The number of amides is 1. The molecule has 0 aliphatic rings. The standard InChI is InChI=1S/C17H14Cl2FN5O/c1-10-6-13(8-22-17(10)25-9-23-15(18)16(25)19)24-14(26)5-4-12-3-2-11(20)7-21-12/h2-3,6-9H,4-5H2,1H3,(H,24,26). The van der Waals surface area contributed by atoms with Crippen molar-refractivity contribution < 1.29 is 9.18 Å². The smallest absolute Gasteiger partial charge is 0.224 e. The zero-order valence-electron chi connectivity index (χ0n) is 13.7. The minimum absolute atomic E-state index is 0.186. The normalized spacial score (nSPS) is 10.8. The second kappa shape index (κ2) is 7.80. The van der Waals surface area contributed by atoms with Crippen LogP contribution >= 0.6 is 23.2 Å². The maximum Gasteiger partial charge on any atom is 0.224 e. The summed E-state index contributed by atoms with van der Waals surface area (Å²) in [6, 6.07) is 4.66. The Morgan fingerprint density at radius 1 is 1.23 bits per heavy atom. The fraction of sp³-hybridized carbons (Fsp3) is 0.176. The number of halogens is 3. The van der Waals surface area contributed by atoms with Crippen LogP contribution in [0.4, 0.5) is 10.1 Å². The molecule has 134 valence electrons. The van der Waals surface area contributed by atoms with Gasteiger partial charge in [0.25, 0.3) is 0 Å². The summed E-state index contributed by atoms with van der Waals surface area (Å²) in [6.07, 6.45) is 4.78. The van der Waals surface area contributed by atoms with E-state index in [1.165, 1.54) is 18.6 Å². The molecule has 3 rings (SSSR count). The molecule has 1 N–H and O–H groups in total. The number of hydrogen-bond acceptors (Lipinski definition) is 4. The van der Waals surface area contributed by atoms with E-state index in [2.05, 4.69) is 20.3 Å². The third-order valence-corrected chi connectivity index (χ3v) is 4.36. The molecule has 1 amide bonds. The maximum absolute atomic E-state index is 12.8. The van der Waals surface area contributed by atoms with Crippen molar-refractivity contribution in [1.82, 2.24) is 19.5 Å². The number of aromatic nitrogens is 4. The number of hydrogen-bond donors (Lipinski definition) is 1. The molecule has 9 heteroatoms. The Kier molecular flexibility index (Phi) is 5.49. The van der Waals surface area contributed by atoms with Crippen LogP contribution in [0, 0.1) is 12.7 Å². The third kappa shape index (κ3) is 4.17. The van der Waals surface area contributed by atoms with Crippen molar-refractivity contribution in [2.45, 2.75) is 19.8 Å². The van der Waals surface area contributed by atoms with Crippen LogP contribution < -0.4 is 5.32 Å². The van der Waals surface area contributed by atoms with E-state index in [4.69, 9.17) is 23.2 Å². The molecule has 0 saturated heterocycles. The van der Waals surface area contributed by atoms with Gasteiger partial charge in [-0.2, -0.15) is 0 Å². The van der Waals surface area contributed by atoms with Gasteiger partial charge < -0.3 is 5.32 Å². The van der Waals surface area contributed by atoms with Gasteiger partial charge in [-0.1, -0.05) is 23.2 Å². The van der Waals surface area contributed by atoms with Gasteiger partial charge in [-0.25, -0.2) is 14.4 Å². The summed E-state index contributed by atoms with van der Waals surface area (Å²) < 4.78 is 14.4. The van der Waals surface area contributed by atoms with Gasteiger partial charge in [0.05, 0.1) is 18.1 Å². The summed E-state index contributed by atoms with van der Waals surface area (Å²) >= 11 is 11.9. The quantitative estimate of drug-likeness (QED) is 0.711. The van der Waals surface area contributed by atoms with Gasteiger partial charge in [0, 0.05) is 12.1 Å². The van der Waals surface area contributed by atoms with E-state index >= 15 is 0 Å². The summed E-state index contributed by atoms with van der Waals surface area (Å²) in [5.41, 5.74) is 2.00. The first-order valence-electron chi connectivity index (χ1n) is 7.69. The lowest BCUT2D eigenvalue weighted by Gasteiger charge is -2.10. The van der Waals surface area contributed by atoms with Crippen molar-refractivity contribution in [2.75, 3.05) is 5.32 Å². The summed E-state index contributed by atoms with van der Waals surface area (Å²) in [4.78, 5) is 24.2. The predicted octanol–water partition coefficient (Wildman–Crippen LogP) is 3.99. The van der Waals surface area contributed by atoms with E-state index in [9.17, 15) is 9.18 Å². The monoisotopic (exact) mass is 393 g/mol. The summed E-state index contributed by atoms with van der Waals surface area (Å²) in [7, 11) is 0. The van der Waals surface area contributed by atoms with Crippen LogP contribution in [0.2, 0.25) is 10.3 Å². The lowest BCUT2D eigenvalue weighted by Crippen LogP contribution is -2.13. The average Bonchev–Trinajstić information content (AvgIpc) is 2.94. The Bertz CT molecular complexity index is 943. The largest absolute Gasteiger partial charge is 0.325 e. The second-order valence-electron chi connectivity index (χ2n) is 5.58. The van der Waals surface area contributed by atoms with E-state index < -0.39 is 5.82 Å². The van der Waals surface area contributed by atoms with Crippen LogP contribution in [0.5, 0.6) is 0 Å². The van der Waals surface area contributed by atoms with Crippen molar-refractivity contribution in [1.29, 1.82) is 0 Å². The van der Waals surface area contributed by atoms with Crippen molar-refractivity contribution in [3.05, 3.63) is 64.3 Å². The van der Waals surface area contributed by atoms with Crippen molar-refractivity contribution in [3.63, 3.8) is 0 Å². The summed E-state index contributed by atoms with van der Waals surface area (Å²) in [5.74, 6) is -0.0178. The van der Waals surface area contributed by atoms with Gasteiger partial charge in [0.1, 0.15) is 18.0 Å². The fourth-order valence-corrected chi connectivity index (χ4v) is 2.67. The van der Waals surface area contributed by atoms with Crippen molar-refractivity contribution in [3.8, 4) is 5.82 Å². The number of nitrogens with zero attached hydrogens (tertiary/aromatic N) is 4. The average molecular weight is 394 g/mol. The molecule has 0 fully saturated rings. The predicted molar refractivity (Wildman–Crippen MR) is 97.3 cm³/mol. The summed E-state index contributed by atoms with van der Waals surface area (Å²) in [5, 5.41) is 3.24. The van der Waals surface area contributed by atoms with Gasteiger partial charge in [0.2, 0.25) is 5.91 Å². The molecule has 26 heavy (non-hydrogen) atoms. The number of anilines is 1. The zero-order valence-corrected chi connectivity index (χ0v) is 15.2. The fourth-order valence-electron chi connectivity index (χ4n) is 2.37. The Hall–Kier alpha value is -2.51. The highest BCUT2D eigenvalue weighted by Crippen LogP contribution is 2.25. The first kappa shape index (κ1) is 18.3. The molecule has 0 bridgehead atoms. The molecule has 0 spiro atoms. The van der Waals surface area contributed by atoms with E-state index in [1.807, 2.05) is 6.92 Å². The van der Waals surface area contributed by atoms with E-state index in [1.54, 1.807) is 16.7 Å². The van der Waals surface area contributed by atoms with E-state index in [-0.39, 0.29) is 22.6 Å². The van der Waals surface area contributed by atoms with Crippen LogP contribution in [0.1, 0.15) is 17.7 Å². The highest BCUT2D eigenvalue weighted by Gasteiger charge is 2.12. The minimum Gasteiger partial charge on any atom is -0.325 e. The molecule has 0 unspecified atom stereocenters. The Labute approximate surface area is 159 Å². The molecule has 0 radical (unpaired) electrons. The van der Waals surface area contributed by atoms with E-state index in [0.717, 1.165) is 11.8 Å². The van der Waals surface area contributed by atoms with Crippen LogP contribution in [0.25, 0.3) is 5.82 Å². The van der Waals surface area contributed by atoms with Crippen LogP contribution in [0.3, 0.4) is 0 Å². The molecule has 0 aliphatic carbocycles. The number of imidazole rings is 1. The van der Waals surface area contributed by atoms with Crippen LogP contribution in [0.15, 0.2) is 36.9 Å². The highest BCUT2D eigenvalue weighted by molar-refractivity contribution is 6.40. The SMILES string of the molecule is Cc1cc(NC(=O)CCc2ccc(F)cn2)cnc1-n1cnc(Cl)c1Cl. The number of aryl methyl sites for hydroxylation is 2.